The third kappa shape index (κ3) is 5.09. The van der Waals surface area contributed by atoms with Gasteiger partial charge in [0.25, 0.3) is 0 Å². The number of nitrogens with zero attached hydrogens (tertiary/aromatic N) is 5. The molecule has 9 rings (SSSR count). The standard InChI is InChI=1S/C36H39F3N6O2/c1-43-16-36(17-43)10-11-44(19-36)18-35(8-9-35)20-47-34-41-32-26(33(42-34)45-14-22-3-4-23(15-45)40-22)6-5-25(30(32)38)27-13-24(46)12-21-2-7-28(37)31(39)29(21)27/h2,5-7,12-13,22-23,40,46H,3-4,8-11,14-20H2,1H3. The number of benzene rings is 3. The van der Waals surface area contributed by atoms with E-state index < -0.39 is 17.5 Å². The Hall–Kier alpha value is -3.67. The summed E-state index contributed by atoms with van der Waals surface area (Å²) in [5.74, 6) is -2.39. The van der Waals surface area contributed by atoms with Gasteiger partial charge in [0.1, 0.15) is 17.1 Å². The summed E-state index contributed by atoms with van der Waals surface area (Å²) >= 11 is 0. The topological polar surface area (TPSA) is 77.0 Å². The number of phenolic OH excluding ortho intramolecular Hbond substituents is 1. The first-order valence-electron chi connectivity index (χ1n) is 16.8. The normalized spacial score (nSPS) is 24.8. The molecule has 4 saturated heterocycles. The molecule has 0 amide bonds. The van der Waals surface area contributed by atoms with Gasteiger partial charge in [-0.1, -0.05) is 12.1 Å². The summed E-state index contributed by atoms with van der Waals surface area (Å²) in [7, 11) is 2.18. The van der Waals surface area contributed by atoms with Gasteiger partial charge in [0, 0.05) is 78.5 Å². The number of hydrogen-bond donors (Lipinski definition) is 2. The van der Waals surface area contributed by atoms with E-state index in [1.165, 1.54) is 37.7 Å². The Morgan fingerprint density at radius 3 is 2.47 bits per heavy atom. The van der Waals surface area contributed by atoms with Crippen LogP contribution in [-0.2, 0) is 0 Å². The number of ether oxygens (including phenoxy) is 1. The summed E-state index contributed by atoms with van der Waals surface area (Å²) in [5.41, 5.74) is 0.604. The molecule has 2 N–H and O–H groups in total. The molecule has 4 aliphatic heterocycles. The number of aromatic nitrogens is 2. The molecule has 2 bridgehead atoms. The summed E-state index contributed by atoms with van der Waals surface area (Å²) < 4.78 is 52.7. The van der Waals surface area contributed by atoms with Crippen molar-refractivity contribution >= 4 is 27.5 Å². The number of likely N-dealkylation sites (tertiary alicyclic amines) is 2. The van der Waals surface area contributed by atoms with Crippen LogP contribution in [0.2, 0.25) is 0 Å². The monoisotopic (exact) mass is 644 g/mol. The fourth-order valence-electron chi connectivity index (χ4n) is 8.94. The first kappa shape index (κ1) is 29.5. The second-order valence-corrected chi connectivity index (χ2v) is 15.1. The summed E-state index contributed by atoms with van der Waals surface area (Å²) in [6.45, 7) is 7.49. The van der Waals surface area contributed by atoms with Crippen molar-refractivity contribution in [1.29, 1.82) is 0 Å². The van der Waals surface area contributed by atoms with Crippen molar-refractivity contribution in [3.8, 4) is 22.9 Å². The van der Waals surface area contributed by atoms with Crippen LogP contribution in [0.3, 0.4) is 0 Å². The highest BCUT2D eigenvalue weighted by molar-refractivity contribution is 6.01. The lowest BCUT2D eigenvalue weighted by atomic mass is 9.79. The number of phenols is 1. The van der Waals surface area contributed by atoms with Crippen LogP contribution in [0.5, 0.6) is 11.8 Å². The fourth-order valence-corrected chi connectivity index (χ4v) is 8.94. The van der Waals surface area contributed by atoms with Crippen LogP contribution in [0.1, 0.15) is 32.1 Å². The van der Waals surface area contributed by atoms with Crippen LogP contribution in [0.15, 0.2) is 36.4 Å². The lowest BCUT2D eigenvalue weighted by molar-refractivity contribution is 0.0278. The number of fused-ring (bicyclic) bond motifs is 4. The Morgan fingerprint density at radius 2 is 1.72 bits per heavy atom. The predicted octanol–water partition coefficient (Wildman–Crippen LogP) is 5.31. The molecule has 4 aromatic rings. The van der Waals surface area contributed by atoms with Crippen molar-refractivity contribution in [2.24, 2.45) is 10.8 Å². The van der Waals surface area contributed by atoms with Crippen LogP contribution in [-0.4, -0.2) is 96.4 Å². The maximum absolute atomic E-state index is 16.8. The third-order valence-corrected chi connectivity index (χ3v) is 11.3. The molecule has 1 aliphatic carbocycles. The van der Waals surface area contributed by atoms with E-state index in [0.717, 1.165) is 64.5 Å². The van der Waals surface area contributed by atoms with Gasteiger partial charge in [-0.2, -0.15) is 9.97 Å². The average Bonchev–Trinajstić information content (AvgIpc) is 3.55. The molecule has 246 valence electrons. The number of aromatic hydroxyl groups is 1. The number of hydrogen-bond acceptors (Lipinski definition) is 8. The van der Waals surface area contributed by atoms with Crippen molar-refractivity contribution in [3.05, 3.63) is 53.8 Å². The van der Waals surface area contributed by atoms with Crippen LogP contribution in [0, 0.1) is 28.3 Å². The molecule has 47 heavy (non-hydrogen) atoms. The Kier molecular flexibility index (Phi) is 6.69. The van der Waals surface area contributed by atoms with Crippen LogP contribution < -0.4 is 15.0 Å². The Morgan fingerprint density at radius 1 is 0.936 bits per heavy atom. The van der Waals surface area contributed by atoms with Gasteiger partial charge < -0.3 is 29.9 Å². The molecule has 2 unspecified atom stereocenters. The van der Waals surface area contributed by atoms with Crippen molar-refractivity contribution in [2.75, 3.05) is 64.4 Å². The maximum atomic E-state index is 16.8. The van der Waals surface area contributed by atoms with E-state index in [9.17, 15) is 9.50 Å². The average molecular weight is 645 g/mol. The molecular weight excluding hydrogens is 605 g/mol. The van der Waals surface area contributed by atoms with Gasteiger partial charge in [-0.25, -0.2) is 13.2 Å². The summed E-state index contributed by atoms with van der Waals surface area (Å²) in [5, 5.41) is 14.8. The van der Waals surface area contributed by atoms with Crippen LogP contribution in [0.4, 0.5) is 19.0 Å². The van der Waals surface area contributed by atoms with E-state index in [1.54, 1.807) is 12.1 Å². The van der Waals surface area contributed by atoms with Crippen LogP contribution >= 0.6 is 0 Å². The molecule has 3 aromatic carbocycles. The second-order valence-electron chi connectivity index (χ2n) is 15.1. The largest absolute Gasteiger partial charge is 0.508 e. The minimum atomic E-state index is -1.09. The van der Waals surface area contributed by atoms with Gasteiger partial charge in [0.2, 0.25) is 0 Å². The van der Waals surface area contributed by atoms with Gasteiger partial charge in [0.15, 0.2) is 17.5 Å². The number of halogens is 3. The van der Waals surface area contributed by atoms with Gasteiger partial charge in [0.05, 0.1) is 6.61 Å². The predicted molar refractivity (Wildman–Crippen MR) is 174 cm³/mol. The van der Waals surface area contributed by atoms with E-state index in [2.05, 4.69) is 32.0 Å². The molecule has 5 heterocycles. The van der Waals surface area contributed by atoms with E-state index >= 15 is 8.78 Å². The van der Waals surface area contributed by atoms with Gasteiger partial charge in [-0.05, 0) is 80.9 Å². The molecule has 1 spiro atoms. The third-order valence-electron chi connectivity index (χ3n) is 11.3. The van der Waals surface area contributed by atoms with E-state index in [0.29, 0.717) is 35.3 Å². The molecule has 8 nitrogen and oxygen atoms in total. The summed E-state index contributed by atoms with van der Waals surface area (Å²) in [6.07, 6.45) is 5.54. The van der Waals surface area contributed by atoms with Gasteiger partial charge in [-0.3, -0.25) is 0 Å². The minimum Gasteiger partial charge on any atom is -0.508 e. The van der Waals surface area contributed by atoms with Gasteiger partial charge >= 0.3 is 6.01 Å². The number of nitrogens with one attached hydrogen (secondary N) is 1. The highest BCUT2D eigenvalue weighted by Gasteiger charge is 2.50. The van der Waals surface area contributed by atoms with Crippen molar-refractivity contribution in [3.63, 3.8) is 0 Å². The molecule has 1 aromatic heterocycles. The Bertz CT molecular complexity index is 1900. The second kappa shape index (κ2) is 10.7. The maximum Gasteiger partial charge on any atom is 0.319 e. The first-order chi connectivity index (χ1) is 22.7. The van der Waals surface area contributed by atoms with Crippen molar-refractivity contribution < 1.29 is 23.0 Å². The molecule has 2 atom stereocenters. The molecular formula is C36H39F3N6O2. The summed E-state index contributed by atoms with van der Waals surface area (Å²) in [4.78, 5) is 16.7. The number of rotatable bonds is 7. The number of anilines is 1. The van der Waals surface area contributed by atoms with Crippen LogP contribution in [0.25, 0.3) is 32.8 Å². The molecule has 5 aliphatic rings. The Labute approximate surface area is 271 Å². The molecule has 11 heteroatoms. The first-order valence-corrected chi connectivity index (χ1v) is 16.8. The van der Waals surface area contributed by atoms with E-state index in [-0.39, 0.29) is 44.6 Å². The lowest BCUT2D eigenvalue weighted by Gasteiger charge is -2.46. The highest BCUT2D eigenvalue weighted by Crippen LogP contribution is 2.49. The zero-order chi connectivity index (χ0) is 32.1. The van der Waals surface area contributed by atoms with Gasteiger partial charge in [-0.15, -0.1) is 0 Å². The highest BCUT2D eigenvalue weighted by atomic mass is 19.2. The SMILES string of the molecule is CN1CC2(CCN(CC3(COc4nc(N5CC6CCC(C5)N6)c5ccc(-c6cc(O)cc7ccc(F)c(F)c67)c(F)c5n4)CC3)C2)C1. The Balaban J connectivity index is 1.08. The van der Waals surface area contributed by atoms with E-state index in [1.807, 2.05) is 0 Å². The quantitative estimate of drug-likeness (QED) is 0.281. The minimum absolute atomic E-state index is 0.0159. The lowest BCUT2D eigenvalue weighted by Crippen LogP contribution is -2.55. The zero-order valence-corrected chi connectivity index (χ0v) is 26.5. The molecule has 5 fully saturated rings. The molecule has 0 radical (unpaired) electrons. The van der Waals surface area contributed by atoms with Crippen molar-refractivity contribution in [2.45, 2.75) is 44.2 Å². The zero-order valence-electron chi connectivity index (χ0n) is 26.5. The number of piperazine rings is 1. The molecule has 1 saturated carbocycles. The summed E-state index contributed by atoms with van der Waals surface area (Å²) in [6, 6.07) is 9.06. The smallest absolute Gasteiger partial charge is 0.319 e. The fraction of sp³-hybridized carbons (Fsp3) is 0.500. The van der Waals surface area contributed by atoms with E-state index in [4.69, 9.17) is 9.72 Å². The van der Waals surface area contributed by atoms with Crippen molar-refractivity contribution in [1.82, 2.24) is 25.1 Å².